The molecule has 1 heterocycles. The Hall–Kier alpha value is -2.33. The Kier molecular flexibility index (Phi) is 3.39. The van der Waals surface area contributed by atoms with Crippen LogP contribution in [-0.4, -0.2) is 4.98 Å². The van der Waals surface area contributed by atoms with Crippen molar-refractivity contribution in [2.24, 2.45) is 0 Å². The second-order valence-electron chi connectivity index (χ2n) is 4.69. The third-order valence-corrected chi connectivity index (χ3v) is 3.38. The van der Waals surface area contributed by atoms with Gasteiger partial charge in [-0.25, -0.2) is 9.37 Å². The summed E-state index contributed by atoms with van der Waals surface area (Å²) < 4.78 is 19.3. The number of fused-ring (bicyclic) bond motifs is 1. The van der Waals surface area contributed by atoms with Gasteiger partial charge < -0.3 is 10.5 Å². The molecule has 0 radical (unpaired) electrons. The van der Waals surface area contributed by atoms with Gasteiger partial charge >= 0.3 is 0 Å². The summed E-state index contributed by atoms with van der Waals surface area (Å²) in [6.45, 7) is 1.90. The van der Waals surface area contributed by atoms with Gasteiger partial charge in [0.05, 0.1) is 10.7 Å². The van der Waals surface area contributed by atoms with Crippen molar-refractivity contribution in [2.45, 2.75) is 6.92 Å². The topological polar surface area (TPSA) is 48.1 Å². The second kappa shape index (κ2) is 5.22. The van der Waals surface area contributed by atoms with Crippen LogP contribution < -0.4 is 10.5 Å². The van der Waals surface area contributed by atoms with Gasteiger partial charge in [0.1, 0.15) is 11.3 Å². The molecular formula is C16H12ClFN2O. The Bertz CT molecular complexity index is 836. The Labute approximate surface area is 126 Å². The van der Waals surface area contributed by atoms with Crippen molar-refractivity contribution in [1.82, 2.24) is 4.98 Å². The number of hydrogen-bond donors (Lipinski definition) is 1. The minimum Gasteiger partial charge on any atom is -0.453 e. The quantitative estimate of drug-likeness (QED) is 0.697. The van der Waals surface area contributed by atoms with Crippen molar-refractivity contribution in [1.29, 1.82) is 0 Å². The van der Waals surface area contributed by atoms with E-state index in [1.807, 2.05) is 31.2 Å². The van der Waals surface area contributed by atoms with Crippen LogP contribution in [-0.2, 0) is 0 Å². The molecule has 0 atom stereocenters. The lowest BCUT2D eigenvalue weighted by molar-refractivity contribution is 0.483. The average molecular weight is 303 g/mol. The maximum absolute atomic E-state index is 13.6. The van der Waals surface area contributed by atoms with E-state index in [1.54, 1.807) is 6.07 Å². The van der Waals surface area contributed by atoms with Gasteiger partial charge in [-0.2, -0.15) is 0 Å². The Morgan fingerprint density at radius 1 is 1.14 bits per heavy atom. The average Bonchev–Trinajstić information content (AvgIpc) is 2.45. The van der Waals surface area contributed by atoms with Crippen LogP contribution in [0.25, 0.3) is 10.9 Å². The molecule has 1 aromatic heterocycles. The Morgan fingerprint density at radius 3 is 2.76 bits per heavy atom. The van der Waals surface area contributed by atoms with E-state index in [2.05, 4.69) is 4.98 Å². The van der Waals surface area contributed by atoms with E-state index in [-0.39, 0.29) is 16.5 Å². The molecule has 0 aliphatic heterocycles. The fraction of sp³-hybridized carbons (Fsp3) is 0.0625. The SMILES string of the molecule is Cc1ccc2cccc(Oc3cc(F)c(Cl)cc3N)c2n1. The van der Waals surface area contributed by atoms with Crippen LogP contribution >= 0.6 is 11.6 Å². The minimum absolute atomic E-state index is 0.0354. The highest BCUT2D eigenvalue weighted by molar-refractivity contribution is 6.31. The first-order valence-corrected chi connectivity index (χ1v) is 6.71. The van der Waals surface area contributed by atoms with Crippen LogP contribution in [0.4, 0.5) is 10.1 Å². The van der Waals surface area contributed by atoms with Crippen molar-refractivity contribution in [3.63, 3.8) is 0 Å². The number of aryl methyl sites for hydroxylation is 1. The van der Waals surface area contributed by atoms with Crippen molar-refractivity contribution < 1.29 is 9.13 Å². The van der Waals surface area contributed by atoms with E-state index in [4.69, 9.17) is 22.1 Å². The van der Waals surface area contributed by atoms with E-state index in [9.17, 15) is 4.39 Å². The molecule has 0 amide bonds. The number of pyridine rings is 1. The van der Waals surface area contributed by atoms with Crippen LogP contribution in [0.3, 0.4) is 0 Å². The summed E-state index contributed by atoms with van der Waals surface area (Å²) in [5, 5.41) is 0.901. The van der Waals surface area contributed by atoms with E-state index in [1.165, 1.54) is 12.1 Å². The number of nitrogen functional groups attached to an aromatic ring is 1. The normalized spacial score (nSPS) is 10.8. The molecule has 0 aliphatic carbocycles. The van der Waals surface area contributed by atoms with Gasteiger partial charge in [-0.3, -0.25) is 0 Å². The number of para-hydroxylation sites is 1. The third kappa shape index (κ3) is 2.62. The number of anilines is 1. The standard InChI is InChI=1S/C16H12ClFN2O/c1-9-5-6-10-3-2-4-14(16(10)20-9)21-15-8-12(18)11(17)7-13(15)19/h2-8H,19H2,1H3. The van der Waals surface area contributed by atoms with Gasteiger partial charge in [-0.05, 0) is 25.1 Å². The summed E-state index contributed by atoms with van der Waals surface area (Å²) >= 11 is 5.68. The first-order chi connectivity index (χ1) is 10.0. The number of rotatable bonds is 2. The van der Waals surface area contributed by atoms with Crippen LogP contribution in [0.1, 0.15) is 5.69 Å². The van der Waals surface area contributed by atoms with E-state index in [0.717, 1.165) is 11.1 Å². The molecule has 106 valence electrons. The summed E-state index contributed by atoms with van der Waals surface area (Å²) in [4.78, 5) is 4.46. The predicted octanol–water partition coefficient (Wildman–Crippen LogP) is 4.71. The first-order valence-electron chi connectivity index (χ1n) is 6.33. The van der Waals surface area contributed by atoms with Gasteiger partial charge in [0.25, 0.3) is 0 Å². The molecule has 3 nitrogen and oxygen atoms in total. The monoisotopic (exact) mass is 302 g/mol. The van der Waals surface area contributed by atoms with E-state index in [0.29, 0.717) is 11.3 Å². The molecule has 3 rings (SSSR count). The van der Waals surface area contributed by atoms with E-state index >= 15 is 0 Å². The van der Waals surface area contributed by atoms with Crippen LogP contribution in [0.5, 0.6) is 11.5 Å². The highest BCUT2D eigenvalue weighted by atomic mass is 35.5. The molecule has 0 saturated heterocycles. The molecule has 21 heavy (non-hydrogen) atoms. The number of nitrogens with two attached hydrogens (primary N) is 1. The first kappa shape index (κ1) is 13.6. The fourth-order valence-corrected chi connectivity index (χ4v) is 2.22. The van der Waals surface area contributed by atoms with Crippen molar-refractivity contribution in [3.8, 4) is 11.5 Å². The molecular weight excluding hydrogens is 291 g/mol. The number of halogens is 2. The second-order valence-corrected chi connectivity index (χ2v) is 5.09. The van der Waals surface area contributed by atoms with Crippen LogP contribution in [0.15, 0.2) is 42.5 Å². The van der Waals surface area contributed by atoms with Crippen molar-refractivity contribution in [2.75, 3.05) is 5.73 Å². The molecule has 2 aromatic carbocycles. The number of hydrogen-bond acceptors (Lipinski definition) is 3. The van der Waals surface area contributed by atoms with Gasteiger partial charge in [-0.1, -0.05) is 29.8 Å². The zero-order chi connectivity index (χ0) is 15.0. The molecule has 0 fully saturated rings. The summed E-state index contributed by atoms with van der Waals surface area (Å²) in [7, 11) is 0. The maximum atomic E-state index is 13.6. The Balaban J connectivity index is 2.10. The number of ether oxygens (including phenoxy) is 1. The summed E-state index contributed by atoms with van der Waals surface area (Å²) in [5.74, 6) is 0.155. The number of nitrogens with zero attached hydrogens (tertiary/aromatic N) is 1. The smallest absolute Gasteiger partial charge is 0.153 e. The molecule has 0 spiro atoms. The molecule has 0 saturated carbocycles. The number of aromatic nitrogens is 1. The van der Waals surface area contributed by atoms with Crippen LogP contribution in [0, 0.1) is 12.7 Å². The number of benzene rings is 2. The maximum Gasteiger partial charge on any atom is 0.153 e. The predicted molar refractivity (Wildman–Crippen MR) is 82.4 cm³/mol. The largest absolute Gasteiger partial charge is 0.453 e. The lowest BCUT2D eigenvalue weighted by Gasteiger charge is -2.11. The van der Waals surface area contributed by atoms with Crippen molar-refractivity contribution >= 4 is 28.2 Å². The molecule has 0 bridgehead atoms. The zero-order valence-electron chi connectivity index (χ0n) is 11.2. The third-order valence-electron chi connectivity index (χ3n) is 3.10. The lowest BCUT2D eigenvalue weighted by Crippen LogP contribution is -1.95. The zero-order valence-corrected chi connectivity index (χ0v) is 12.0. The van der Waals surface area contributed by atoms with Crippen molar-refractivity contribution in [3.05, 3.63) is 59.0 Å². The fourth-order valence-electron chi connectivity index (χ4n) is 2.05. The molecule has 5 heteroatoms. The van der Waals surface area contributed by atoms with Gasteiger partial charge in [0.15, 0.2) is 11.5 Å². The molecule has 0 unspecified atom stereocenters. The molecule has 3 aromatic rings. The van der Waals surface area contributed by atoms with Gasteiger partial charge in [0, 0.05) is 17.1 Å². The Morgan fingerprint density at radius 2 is 1.95 bits per heavy atom. The minimum atomic E-state index is -0.578. The van der Waals surface area contributed by atoms with Gasteiger partial charge in [0.2, 0.25) is 0 Å². The van der Waals surface area contributed by atoms with E-state index < -0.39 is 5.82 Å². The van der Waals surface area contributed by atoms with Crippen LogP contribution in [0.2, 0.25) is 5.02 Å². The highest BCUT2D eigenvalue weighted by Crippen LogP contribution is 2.34. The van der Waals surface area contributed by atoms with Gasteiger partial charge in [-0.15, -0.1) is 0 Å². The summed E-state index contributed by atoms with van der Waals surface area (Å²) in [5.41, 5.74) is 7.66. The highest BCUT2D eigenvalue weighted by Gasteiger charge is 2.11. The lowest BCUT2D eigenvalue weighted by atomic mass is 10.2. The molecule has 0 aliphatic rings. The summed E-state index contributed by atoms with van der Waals surface area (Å²) in [6, 6.07) is 11.9. The summed E-state index contributed by atoms with van der Waals surface area (Å²) in [6.07, 6.45) is 0. The molecule has 2 N–H and O–H groups in total.